The Labute approximate surface area is 55.2 Å². The van der Waals surface area contributed by atoms with Crippen molar-refractivity contribution >= 4 is 0 Å². The number of hydrogen-bond acceptors (Lipinski definition) is 2. The summed E-state index contributed by atoms with van der Waals surface area (Å²) in [5.41, 5.74) is 1.00. The standard InChI is InChI=1S/C7H11NO/c1-3-4-5-7(2)6-8-9/h3,5H,1,4,6H2,2H3/b7-5+. The molecule has 0 rings (SSSR count). The molecule has 2 heteroatoms. The first kappa shape index (κ1) is 8.08. The van der Waals surface area contributed by atoms with Crippen LogP contribution in [0, 0.1) is 4.91 Å². The van der Waals surface area contributed by atoms with Gasteiger partial charge in [-0.15, -0.1) is 6.58 Å². The van der Waals surface area contributed by atoms with E-state index in [9.17, 15) is 4.91 Å². The van der Waals surface area contributed by atoms with E-state index in [-0.39, 0.29) is 0 Å². The molecule has 0 saturated carbocycles. The summed E-state index contributed by atoms with van der Waals surface area (Å²) in [5, 5.41) is 2.74. The van der Waals surface area contributed by atoms with Crippen LogP contribution in [0.15, 0.2) is 29.5 Å². The van der Waals surface area contributed by atoms with Gasteiger partial charge in [0.1, 0.15) is 6.54 Å². The molecule has 0 bridgehead atoms. The molecule has 0 unspecified atom stereocenters. The normalized spacial score (nSPS) is 11.0. The average Bonchev–Trinajstić information content (AvgIpc) is 1.85. The van der Waals surface area contributed by atoms with Crippen LogP contribution in [0.2, 0.25) is 0 Å². The van der Waals surface area contributed by atoms with Crippen LogP contribution in [-0.4, -0.2) is 6.54 Å². The van der Waals surface area contributed by atoms with E-state index >= 15 is 0 Å². The van der Waals surface area contributed by atoms with Crippen LogP contribution in [0.4, 0.5) is 0 Å². The zero-order valence-corrected chi connectivity index (χ0v) is 5.63. The molecule has 0 aliphatic heterocycles. The van der Waals surface area contributed by atoms with Crippen molar-refractivity contribution in [2.45, 2.75) is 13.3 Å². The third kappa shape index (κ3) is 4.94. The third-order valence-corrected chi connectivity index (χ3v) is 0.947. The number of allylic oxidation sites excluding steroid dienone is 2. The Balaban J connectivity index is 3.53. The van der Waals surface area contributed by atoms with Gasteiger partial charge >= 0.3 is 0 Å². The van der Waals surface area contributed by atoms with Crippen molar-refractivity contribution < 1.29 is 0 Å². The maximum Gasteiger partial charge on any atom is 0.102 e. The molecule has 0 aromatic heterocycles. The van der Waals surface area contributed by atoms with Gasteiger partial charge in [0, 0.05) is 0 Å². The Bertz CT molecular complexity index is 127. The summed E-state index contributed by atoms with van der Waals surface area (Å²) in [6.07, 6.45) is 4.55. The van der Waals surface area contributed by atoms with Gasteiger partial charge in [-0.1, -0.05) is 22.9 Å². The molecule has 2 nitrogen and oxygen atoms in total. The fraction of sp³-hybridized carbons (Fsp3) is 0.429. The van der Waals surface area contributed by atoms with Crippen molar-refractivity contribution in [1.82, 2.24) is 0 Å². The molecule has 50 valence electrons. The van der Waals surface area contributed by atoms with Crippen molar-refractivity contribution in [2.24, 2.45) is 5.18 Å². The first-order valence-electron chi connectivity index (χ1n) is 2.87. The lowest BCUT2D eigenvalue weighted by molar-refractivity contribution is 1.10. The third-order valence-electron chi connectivity index (χ3n) is 0.947. The smallest absolute Gasteiger partial charge is 0.102 e. The molecule has 0 N–H and O–H groups in total. The molecule has 0 spiro atoms. The first-order chi connectivity index (χ1) is 4.31. The zero-order valence-electron chi connectivity index (χ0n) is 5.63. The van der Waals surface area contributed by atoms with Crippen LogP contribution >= 0.6 is 0 Å². The second-order valence-electron chi connectivity index (χ2n) is 1.86. The van der Waals surface area contributed by atoms with Crippen molar-refractivity contribution in [1.29, 1.82) is 0 Å². The second kappa shape index (κ2) is 5.22. The topological polar surface area (TPSA) is 29.4 Å². The van der Waals surface area contributed by atoms with Crippen LogP contribution in [0.1, 0.15) is 13.3 Å². The van der Waals surface area contributed by atoms with E-state index < -0.39 is 0 Å². The summed E-state index contributed by atoms with van der Waals surface area (Å²) in [4.78, 5) is 9.66. The summed E-state index contributed by atoms with van der Waals surface area (Å²) in [6, 6.07) is 0. The van der Waals surface area contributed by atoms with E-state index in [0.717, 1.165) is 12.0 Å². The van der Waals surface area contributed by atoms with Crippen molar-refractivity contribution in [3.63, 3.8) is 0 Å². The molecule has 0 aromatic rings. The fourth-order valence-electron chi connectivity index (χ4n) is 0.451. The Morgan fingerprint density at radius 3 is 2.89 bits per heavy atom. The molecular formula is C7H11NO. The highest BCUT2D eigenvalue weighted by molar-refractivity contribution is 5.02. The summed E-state index contributed by atoms with van der Waals surface area (Å²) in [5.74, 6) is 0. The molecule has 0 atom stereocenters. The van der Waals surface area contributed by atoms with Gasteiger partial charge in [0.25, 0.3) is 0 Å². The minimum atomic E-state index is 0.299. The van der Waals surface area contributed by atoms with Crippen molar-refractivity contribution in [3.8, 4) is 0 Å². The van der Waals surface area contributed by atoms with E-state index in [1.54, 1.807) is 6.08 Å². The fourth-order valence-corrected chi connectivity index (χ4v) is 0.451. The highest BCUT2D eigenvalue weighted by Crippen LogP contribution is 1.95. The SMILES string of the molecule is C=CC/C=C(\C)CN=O. The Morgan fingerprint density at radius 2 is 2.44 bits per heavy atom. The van der Waals surface area contributed by atoms with Gasteiger partial charge in [-0.25, -0.2) is 0 Å². The maximum absolute atomic E-state index is 9.66. The van der Waals surface area contributed by atoms with E-state index in [1.807, 2.05) is 13.0 Å². The number of hydrogen-bond donors (Lipinski definition) is 0. The Morgan fingerprint density at radius 1 is 1.78 bits per heavy atom. The molecule has 0 radical (unpaired) electrons. The van der Waals surface area contributed by atoms with E-state index in [0.29, 0.717) is 6.54 Å². The van der Waals surface area contributed by atoms with Gasteiger partial charge in [-0.2, -0.15) is 4.91 Å². The lowest BCUT2D eigenvalue weighted by Crippen LogP contribution is -1.79. The van der Waals surface area contributed by atoms with Gasteiger partial charge in [0.15, 0.2) is 0 Å². The van der Waals surface area contributed by atoms with Crippen LogP contribution < -0.4 is 0 Å². The molecule has 0 heterocycles. The van der Waals surface area contributed by atoms with Gasteiger partial charge in [-0.3, -0.25) is 0 Å². The zero-order chi connectivity index (χ0) is 7.11. The molecular weight excluding hydrogens is 114 g/mol. The van der Waals surface area contributed by atoms with Gasteiger partial charge in [0.05, 0.1) is 0 Å². The summed E-state index contributed by atoms with van der Waals surface area (Å²) < 4.78 is 0. The highest BCUT2D eigenvalue weighted by atomic mass is 16.3. The summed E-state index contributed by atoms with van der Waals surface area (Å²) >= 11 is 0. The van der Waals surface area contributed by atoms with Gasteiger partial charge in [-0.05, 0) is 13.3 Å². The number of nitrogens with zero attached hydrogens (tertiary/aromatic N) is 1. The molecule has 0 fully saturated rings. The molecule has 0 aromatic carbocycles. The predicted octanol–water partition coefficient (Wildman–Crippen LogP) is 2.28. The van der Waals surface area contributed by atoms with E-state index in [2.05, 4.69) is 11.8 Å². The average molecular weight is 125 g/mol. The number of nitroso groups, excluding NO2 is 1. The van der Waals surface area contributed by atoms with Crippen LogP contribution in [0.25, 0.3) is 0 Å². The highest BCUT2D eigenvalue weighted by Gasteiger charge is 1.83. The monoisotopic (exact) mass is 125 g/mol. The lowest BCUT2D eigenvalue weighted by atomic mass is 10.2. The minimum Gasteiger partial charge on any atom is -0.150 e. The van der Waals surface area contributed by atoms with Gasteiger partial charge < -0.3 is 0 Å². The molecule has 0 aliphatic rings. The minimum absolute atomic E-state index is 0.299. The Kier molecular flexibility index (Phi) is 4.69. The van der Waals surface area contributed by atoms with Crippen molar-refractivity contribution in [2.75, 3.05) is 6.54 Å². The predicted molar refractivity (Wildman–Crippen MR) is 39.2 cm³/mol. The lowest BCUT2D eigenvalue weighted by Gasteiger charge is -1.87. The first-order valence-corrected chi connectivity index (χ1v) is 2.87. The second-order valence-corrected chi connectivity index (χ2v) is 1.86. The molecule has 0 aliphatic carbocycles. The molecule has 0 amide bonds. The summed E-state index contributed by atoms with van der Waals surface area (Å²) in [7, 11) is 0. The van der Waals surface area contributed by atoms with Crippen molar-refractivity contribution in [3.05, 3.63) is 29.2 Å². The molecule has 0 saturated heterocycles. The quantitative estimate of drug-likeness (QED) is 0.418. The number of rotatable bonds is 4. The van der Waals surface area contributed by atoms with E-state index in [4.69, 9.17) is 0 Å². The van der Waals surface area contributed by atoms with Crippen LogP contribution in [-0.2, 0) is 0 Å². The van der Waals surface area contributed by atoms with Gasteiger partial charge in [0.2, 0.25) is 0 Å². The van der Waals surface area contributed by atoms with Crippen LogP contribution in [0.5, 0.6) is 0 Å². The largest absolute Gasteiger partial charge is 0.150 e. The maximum atomic E-state index is 9.66. The van der Waals surface area contributed by atoms with E-state index in [1.165, 1.54) is 0 Å². The summed E-state index contributed by atoms with van der Waals surface area (Å²) in [6.45, 7) is 5.72. The Hall–Kier alpha value is -0.920. The van der Waals surface area contributed by atoms with Crippen LogP contribution in [0.3, 0.4) is 0 Å². The molecule has 9 heavy (non-hydrogen) atoms.